The predicted octanol–water partition coefficient (Wildman–Crippen LogP) is 6.04. The van der Waals surface area contributed by atoms with Crippen molar-refractivity contribution >= 4 is 53.3 Å². The number of urea groups is 1. The minimum atomic E-state index is -4.72. The maximum Gasteiger partial charge on any atom is 0.416 e. The van der Waals surface area contributed by atoms with Crippen molar-refractivity contribution in [3.8, 4) is 11.5 Å². The lowest BCUT2D eigenvalue weighted by atomic mass is 10.1. The Morgan fingerprint density at radius 3 is 2.37 bits per heavy atom. The molecule has 0 bridgehead atoms. The highest BCUT2D eigenvalue weighted by molar-refractivity contribution is 6.39. The summed E-state index contributed by atoms with van der Waals surface area (Å²) in [5.74, 6) is -2.70. The van der Waals surface area contributed by atoms with Crippen LogP contribution in [0.1, 0.15) is 23.6 Å². The van der Waals surface area contributed by atoms with E-state index in [0.717, 1.165) is 24.3 Å². The maximum atomic E-state index is 13.2. The van der Waals surface area contributed by atoms with Gasteiger partial charge in [-0.05, 0) is 72.7 Å². The molecule has 1 aliphatic rings. The summed E-state index contributed by atoms with van der Waals surface area (Å²) in [5, 5.41) is 2.50. The Hall–Kier alpha value is -4.90. The van der Waals surface area contributed by atoms with Crippen molar-refractivity contribution in [2.45, 2.75) is 13.1 Å². The second-order valence-electron chi connectivity index (χ2n) is 8.45. The molecule has 0 aromatic heterocycles. The second-order valence-corrected chi connectivity index (χ2v) is 8.89. The second kappa shape index (κ2) is 12.1. The number of hydrogen-bond acceptors (Lipinski definition) is 6. The first-order chi connectivity index (χ1) is 19.5. The van der Waals surface area contributed by atoms with Gasteiger partial charge in [0.15, 0.2) is 11.5 Å². The molecule has 12 heteroatoms. The zero-order valence-electron chi connectivity index (χ0n) is 21.2. The molecule has 4 rings (SSSR count). The van der Waals surface area contributed by atoms with Gasteiger partial charge in [-0.25, -0.2) is 14.5 Å². The number of nitrogens with one attached hydrogen (secondary N) is 1. The van der Waals surface area contributed by atoms with Crippen LogP contribution in [0.5, 0.6) is 11.5 Å². The highest BCUT2D eigenvalue weighted by Crippen LogP contribution is 2.33. The van der Waals surface area contributed by atoms with Crippen molar-refractivity contribution in [3.63, 3.8) is 0 Å². The summed E-state index contributed by atoms with van der Waals surface area (Å²) in [4.78, 5) is 50.9. The molecule has 0 unspecified atom stereocenters. The third-order valence-corrected chi connectivity index (χ3v) is 5.86. The van der Waals surface area contributed by atoms with E-state index < -0.39 is 41.1 Å². The summed E-state index contributed by atoms with van der Waals surface area (Å²) in [6.07, 6.45) is -0.840. The molecule has 8 nitrogen and oxygen atoms in total. The molecule has 41 heavy (non-hydrogen) atoms. The van der Waals surface area contributed by atoms with Gasteiger partial charge in [0.1, 0.15) is 5.57 Å². The van der Waals surface area contributed by atoms with Crippen molar-refractivity contribution in [2.24, 2.45) is 0 Å². The van der Waals surface area contributed by atoms with Crippen molar-refractivity contribution in [2.75, 3.05) is 11.5 Å². The fraction of sp³-hybridized carbons (Fsp3) is 0.103. The molecule has 1 heterocycles. The summed E-state index contributed by atoms with van der Waals surface area (Å²) in [7, 11) is 0. The lowest BCUT2D eigenvalue weighted by Gasteiger charge is -2.27. The quantitative estimate of drug-likeness (QED) is 0.157. The van der Waals surface area contributed by atoms with E-state index in [1.807, 2.05) is 5.32 Å². The van der Waals surface area contributed by atoms with Crippen LogP contribution in [0.3, 0.4) is 0 Å². The molecular weight excluding hydrogens is 565 g/mol. The fourth-order valence-electron chi connectivity index (χ4n) is 3.73. The molecule has 4 amide bonds. The van der Waals surface area contributed by atoms with Gasteiger partial charge in [0.25, 0.3) is 11.8 Å². The van der Waals surface area contributed by atoms with Gasteiger partial charge in [0.05, 0.1) is 17.9 Å². The predicted molar refractivity (Wildman–Crippen MR) is 144 cm³/mol. The van der Waals surface area contributed by atoms with E-state index in [1.54, 1.807) is 31.2 Å². The largest absolute Gasteiger partial charge is 0.490 e. The molecule has 1 saturated heterocycles. The first-order valence-corrected chi connectivity index (χ1v) is 12.3. The van der Waals surface area contributed by atoms with Crippen LogP contribution in [0.15, 0.2) is 78.4 Å². The van der Waals surface area contributed by atoms with Crippen LogP contribution in [0.4, 0.5) is 23.7 Å². The minimum absolute atomic E-state index is 0.0555. The summed E-state index contributed by atoms with van der Waals surface area (Å²) < 4.78 is 50.5. The number of rotatable bonds is 7. The van der Waals surface area contributed by atoms with Gasteiger partial charge in [-0.2, -0.15) is 13.2 Å². The van der Waals surface area contributed by atoms with Crippen molar-refractivity contribution in [1.29, 1.82) is 0 Å². The van der Waals surface area contributed by atoms with Crippen LogP contribution >= 0.6 is 11.6 Å². The zero-order chi connectivity index (χ0) is 29.7. The van der Waals surface area contributed by atoms with Gasteiger partial charge in [-0.3, -0.25) is 14.9 Å². The number of nitrogens with zero attached hydrogens (tertiary/aromatic N) is 1. The third kappa shape index (κ3) is 7.00. The smallest absolute Gasteiger partial charge is 0.416 e. The molecule has 0 spiro atoms. The number of esters is 1. The van der Waals surface area contributed by atoms with Gasteiger partial charge in [-0.1, -0.05) is 35.9 Å². The highest BCUT2D eigenvalue weighted by Gasteiger charge is 2.38. The van der Waals surface area contributed by atoms with Gasteiger partial charge in [0, 0.05) is 11.1 Å². The first kappa shape index (κ1) is 29.1. The van der Waals surface area contributed by atoms with Gasteiger partial charge < -0.3 is 9.47 Å². The number of amides is 4. The number of ether oxygens (including phenoxy) is 2. The zero-order valence-corrected chi connectivity index (χ0v) is 22.0. The van der Waals surface area contributed by atoms with Crippen LogP contribution in [-0.2, 0) is 20.6 Å². The van der Waals surface area contributed by atoms with Crippen molar-refractivity contribution in [3.05, 3.63) is 100 Å². The van der Waals surface area contributed by atoms with Crippen molar-refractivity contribution in [1.82, 2.24) is 5.32 Å². The Labute approximate surface area is 236 Å². The molecule has 0 atom stereocenters. The summed E-state index contributed by atoms with van der Waals surface area (Å²) in [6, 6.07) is 13.4. The summed E-state index contributed by atoms with van der Waals surface area (Å²) in [5.41, 5.74) is -0.995. The van der Waals surface area contributed by atoms with E-state index in [-0.39, 0.29) is 29.4 Å². The molecular formula is C29H20ClF3N2O6. The Morgan fingerprint density at radius 1 is 0.976 bits per heavy atom. The summed E-state index contributed by atoms with van der Waals surface area (Å²) in [6.45, 7) is 1.87. The minimum Gasteiger partial charge on any atom is -0.490 e. The van der Waals surface area contributed by atoms with Crippen molar-refractivity contribution < 1.29 is 41.8 Å². The van der Waals surface area contributed by atoms with E-state index in [2.05, 4.69) is 0 Å². The first-order valence-electron chi connectivity index (χ1n) is 12.0. The normalized spacial score (nSPS) is 14.9. The SMILES string of the molecule is CCOc1cc(/C=C2\C(=O)NC(=O)N(c3cccc(C(F)(F)F)c3)C2=O)ccc1OC(=O)/C=C/c1ccc(Cl)cc1. The number of benzene rings is 3. The Kier molecular flexibility index (Phi) is 8.58. The van der Waals surface area contributed by atoms with E-state index in [4.69, 9.17) is 21.1 Å². The number of carbonyl (C=O) groups excluding carboxylic acids is 4. The molecule has 3 aromatic rings. The molecule has 210 valence electrons. The fourth-order valence-corrected chi connectivity index (χ4v) is 3.85. The lowest BCUT2D eigenvalue weighted by molar-refractivity contribution is -0.137. The Bertz CT molecular complexity index is 1580. The number of halogens is 4. The Balaban J connectivity index is 1.59. The van der Waals surface area contributed by atoms with Crippen LogP contribution in [0.25, 0.3) is 12.2 Å². The number of anilines is 1. The van der Waals surface area contributed by atoms with E-state index in [1.165, 1.54) is 30.4 Å². The molecule has 0 radical (unpaired) electrons. The number of alkyl halides is 3. The van der Waals surface area contributed by atoms with E-state index in [0.29, 0.717) is 21.6 Å². The average molecular weight is 585 g/mol. The monoisotopic (exact) mass is 584 g/mol. The summed E-state index contributed by atoms with van der Waals surface area (Å²) >= 11 is 5.85. The molecule has 1 N–H and O–H groups in total. The Morgan fingerprint density at radius 2 is 1.68 bits per heavy atom. The third-order valence-electron chi connectivity index (χ3n) is 5.60. The van der Waals surface area contributed by atoms with Crippen LogP contribution in [0, 0.1) is 0 Å². The van der Waals surface area contributed by atoms with Gasteiger partial charge in [0.2, 0.25) is 0 Å². The number of carbonyl (C=O) groups is 4. The van der Waals surface area contributed by atoms with E-state index >= 15 is 0 Å². The van der Waals surface area contributed by atoms with Crippen LogP contribution in [0.2, 0.25) is 5.02 Å². The number of hydrogen-bond donors (Lipinski definition) is 1. The maximum absolute atomic E-state index is 13.2. The standard InChI is InChI=1S/C29H20ClF3N2O6/c1-2-40-24-15-18(8-12-23(24)41-25(36)13-9-17-6-10-20(30)11-7-17)14-22-26(37)34-28(39)35(27(22)38)21-5-3-4-19(16-21)29(31,32)33/h3-16H,2H2,1H3,(H,34,37,39)/b13-9+,22-14+. The van der Waals surface area contributed by atoms with Crippen LogP contribution in [-0.4, -0.2) is 30.4 Å². The van der Waals surface area contributed by atoms with Gasteiger partial charge >= 0.3 is 18.2 Å². The number of imide groups is 2. The molecule has 3 aromatic carbocycles. The number of barbiturate groups is 1. The van der Waals surface area contributed by atoms with Crippen LogP contribution < -0.4 is 19.7 Å². The highest BCUT2D eigenvalue weighted by atomic mass is 35.5. The average Bonchev–Trinajstić information content (AvgIpc) is 2.92. The molecule has 1 aliphatic heterocycles. The van der Waals surface area contributed by atoms with E-state index in [9.17, 15) is 32.3 Å². The molecule has 0 aliphatic carbocycles. The molecule has 0 saturated carbocycles. The molecule has 1 fully saturated rings. The topological polar surface area (TPSA) is 102 Å². The van der Waals surface area contributed by atoms with Gasteiger partial charge in [-0.15, -0.1) is 0 Å². The lowest BCUT2D eigenvalue weighted by Crippen LogP contribution is -2.54.